The lowest BCUT2D eigenvalue weighted by atomic mass is 10.1. The third kappa shape index (κ3) is 4.89. The van der Waals surface area contributed by atoms with Crippen LogP contribution in [0.5, 0.6) is 0 Å². The maximum Gasteiger partial charge on any atom is 0.332 e. The SMILES string of the molecule is O=C(NCc1cccc(CN2CCCC2)c1)c1ccc(S(=O)(=O)F)cc1. The Morgan fingerprint density at radius 2 is 1.69 bits per heavy atom. The highest BCUT2D eigenvalue weighted by Gasteiger charge is 2.14. The third-order valence-corrected chi connectivity index (χ3v) is 5.28. The van der Waals surface area contributed by atoms with E-state index in [1.807, 2.05) is 12.1 Å². The highest BCUT2D eigenvalue weighted by Crippen LogP contribution is 2.15. The summed E-state index contributed by atoms with van der Waals surface area (Å²) in [5.41, 5.74) is 2.50. The molecule has 1 heterocycles. The number of hydrogen-bond acceptors (Lipinski definition) is 4. The van der Waals surface area contributed by atoms with Crippen molar-refractivity contribution in [3.05, 3.63) is 65.2 Å². The summed E-state index contributed by atoms with van der Waals surface area (Å²) in [5, 5.41) is 2.80. The summed E-state index contributed by atoms with van der Waals surface area (Å²) in [6.45, 7) is 3.55. The van der Waals surface area contributed by atoms with Gasteiger partial charge < -0.3 is 5.32 Å². The van der Waals surface area contributed by atoms with Crippen molar-refractivity contribution >= 4 is 16.1 Å². The molecule has 0 atom stereocenters. The Labute approximate surface area is 153 Å². The van der Waals surface area contributed by atoms with Crippen LogP contribution in [0.2, 0.25) is 0 Å². The van der Waals surface area contributed by atoms with Crippen LogP contribution in [0.4, 0.5) is 3.89 Å². The Bertz CT molecular complexity index is 876. The van der Waals surface area contributed by atoms with E-state index >= 15 is 0 Å². The number of rotatable bonds is 6. The molecule has 1 saturated heterocycles. The molecule has 0 unspecified atom stereocenters. The lowest BCUT2D eigenvalue weighted by Crippen LogP contribution is -2.23. The van der Waals surface area contributed by atoms with E-state index in [2.05, 4.69) is 22.3 Å². The Kier molecular flexibility index (Phi) is 5.68. The lowest BCUT2D eigenvalue weighted by Gasteiger charge is -2.15. The van der Waals surface area contributed by atoms with Crippen molar-refractivity contribution in [1.82, 2.24) is 10.2 Å². The largest absolute Gasteiger partial charge is 0.348 e. The summed E-state index contributed by atoms with van der Waals surface area (Å²) in [6, 6.07) is 12.9. The van der Waals surface area contributed by atoms with Gasteiger partial charge in [-0.25, -0.2) is 0 Å². The van der Waals surface area contributed by atoms with Crippen molar-refractivity contribution < 1.29 is 17.1 Å². The molecular formula is C19H21FN2O3S. The molecular weight excluding hydrogens is 355 g/mol. The van der Waals surface area contributed by atoms with E-state index in [1.54, 1.807) is 0 Å². The number of nitrogens with zero attached hydrogens (tertiary/aromatic N) is 1. The number of likely N-dealkylation sites (tertiary alicyclic amines) is 1. The number of amides is 1. The van der Waals surface area contributed by atoms with Crippen LogP contribution in [0.1, 0.15) is 34.3 Å². The zero-order valence-corrected chi connectivity index (χ0v) is 15.1. The Balaban J connectivity index is 1.58. The number of nitrogens with one attached hydrogen (secondary N) is 1. The van der Waals surface area contributed by atoms with Crippen molar-refractivity contribution in [2.24, 2.45) is 0 Å². The van der Waals surface area contributed by atoms with Crippen molar-refractivity contribution in [3.8, 4) is 0 Å². The first-order valence-electron chi connectivity index (χ1n) is 8.55. The molecule has 7 heteroatoms. The fourth-order valence-electron chi connectivity index (χ4n) is 3.09. The van der Waals surface area contributed by atoms with Crippen LogP contribution in [0.15, 0.2) is 53.4 Å². The molecule has 0 saturated carbocycles. The van der Waals surface area contributed by atoms with E-state index in [-0.39, 0.29) is 11.5 Å². The van der Waals surface area contributed by atoms with E-state index in [1.165, 1.54) is 30.5 Å². The standard InChI is InChI=1S/C19H21FN2O3S/c20-26(24,25)18-8-6-17(7-9-18)19(23)21-13-15-4-3-5-16(12-15)14-22-10-1-2-11-22/h3-9,12H,1-2,10-11,13-14H2,(H,21,23). The summed E-state index contributed by atoms with van der Waals surface area (Å²) in [5.74, 6) is -0.335. The van der Waals surface area contributed by atoms with E-state index in [4.69, 9.17) is 0 Å². The first kappa shape index (κ1) is 18.5. The Morgan fingerprint density at radius 3 is 2.35 bits per heavy atom. The zero-order valence-electron chi connectivity index (χ0n) is 14.3. The van der Waals surface area contributed by atoms with Crippen LogP contribution in [0.25, 0.3) is 0 Å². The fourth-order valence-corrected chi connectivity index (χ4v) is 3.55. The molecule has 0 spiro atoms. The number of hydrogen-bond donors (Lipinski definition) is 1. The second-order valence-corrected chi connectivity index (χ2v) is 7.80. The van der Waals surface area contributed by atoms with Crippen LogP contribution in [-0.4, -0.2) is 32.3 Å². The first-order chi connectivity index (χ1) is 12.4. The van der Waals surface area contributed by atoms with Crippen LogP contribution < -0.4 is 5.32 Å². The predicted molar refractivity (Wildman–Crippen MR) is 96.9 cm³/mol. The van der Waals surface area contributed by atoms with Crippen LogP contribution >= 0.6 is 0 Å². The summed E-state index contributed by atoms with van der Waals surface area (Å²) in [4.78, 5) is 14.1. The predicted octanol–water partition coefficient (Wildman–Crippen LogP) is 2.87. The normalized spacial score (nSPS) is 15.1. The molecule has 1 amide bonds. The molecule has 0 radical (unpaired) electrons. The molecule has 0 aliphatic carbocycles. The maximum absolute atomic E-state index is 12.9. The van der Waals surface area contributed by atoms with Gasteiger partial charge in [0.15, 0.2) is 0 Å². The van der Waals surface area contributed by atoms with Crippen molar-refractivity contribution in [1.29, 1.82) is 0 Å². The minimum absolute atomic E-state index is 0.283. The van der Waals surface area contributed by atoms with Gasteiger partial charge in [-0.2, -0.15) is 8.42 Å². The Hall–Kier alpha value is -2.25. The maximum atomic E-state index is 12.9. The summed E-state index contributed by atoms with van der Waals surface area (Å²) >= 11 is 0. The van der Waals surface area contributed by atoms with Crippen LogP contribution in [0.3, 0.4) is 0 Å². The number of halogens is 1. The van der Waals surface area contributed by atoms with E-state index in [9.17, 15) is 17.1 Å². The summed E-state index contributed by atoms with van der Waals surface area (Å²) in [7, 11) is -4.75. The summed E-state index contributed by atoms with van der Waals surface area (Å²) in [6.07, 6.45) is 2.50. The highest BCUT2D eigenvalue weighted by molar-refractivity contribution is 7.86. The minimum Gasteiger partial charge on any atom is -0.348 e. The second-order valence-electron chi connectivity index (χ2n) is 6.45. The quantitative estimate of drug-likeness (QED) is 0.788. The average Bonchev–Trinajstić information content (AvgIpc) is 3.12. The minimum atomic E-state index is -4.75. The van der Waals surface area contributed by atoms with Gasteiger partial charge >= 0.3 is 10.2 Å². The van der Waals surface area contributed by atoms with Gasteiger partial charge in [0.05, 0.1) is 4.90 Å². The van der Waals surface area contributed by atoms with Gasteiger partial charge in [-0.05, 0) is 61.3 Å². The van der Waals surface area contributed by atoms with Gasteiger partial charge in [-0.1, -0.05) is 24.3 Å². The van der Waals surface area contributed by atoms with Crippen molar-refractivity contribution in [2.75, 3.05) is 13.1 Å². The molecule has 26 heavy (non-hydrogen) atoms. The monoisotopic (exact) mass is 376 g/mol. The smallest absolute Gasteiger partial charge is 0.332 e. The van der Waals surface area contributed by atoms with Crippen LogP contribution in [0, 0.1) is 0 Å². The third-order valence-electron chi connectivity index (χ3n) is 4.45. The molecule has 2 aromatic rings. The molecule has 0 aromatic heterocycles. The zero-order chi connectivity index (χ0) is 18.6. The molecule has 3 rings (SSSR count). The topological polar surface area (TPSA) is 66.5 Å². The van der Waals surface area contributed by atoms with Gasteiger partial charge in [0.2, 0.25) is 0 Å². The Morgan fingerprint density at radius 1 is 1.04 bits per heavy atom. The lowest BCUT2D eigenvalue weighted by molar-refractivity contribution is 0.0950. The number of benzene rings is 2. The van der Waals surface area contributed by atoms with Gasteiger partial charge in [0, 0.05) is 18.7 Å². The van der Waals surface area contributed by atoms with E-state index in [0.29, 0.717) is 6.54 Å². The van der Waals surface area contributed by atoms with E-state index < -0.39 is 15.1 Å². The average molecular weight is 376 g/mol. The van der Waals surface area contributed by atoms with Crippen LogP contribution in [-0.2, 0) is 23.3 Å². The van der Waals surface area contributed by atoms with Gasteiger partial charge in [-0.3, -0.25) is 9.69 Å². The molecule has 1 N–H and O–H groups in total. The van der Waals surface area contributed by atoms with E-state index in [0.717, 1.165) is 37.3 Å². The highest BCUT2D eigenvalue weighted by atomic mass is 32.3. The van der Waals surface area contributed by atoms with Gasteiger partial charge in [-0.15, -0.1) is 3.89 Å². The molecule has 1 fully saturated rings. The second kappa shape index (κ2) is 7.97. The van der Waals surface area contributed by atoms with Crippen molar-refractivity contribution in [2.45, 2.75) is 30.8 Å². The molecule has 2 aromatic carbocycles. The first-order valence-corrected chi connectivity index (χ1v) is 9.93. The number of carbonyl (C=O) groups is 1. The molecule has 138 valence electrons. The molecule has 1 aliphatic heterocycles. The van der Waals surface area contributed by atoms with Gasteiger partial charge in [0.25, 0.3) is 5.91 Å². The van der Waals surface area contributed by atoms with Gasteiger partial charge in [0.1, 0.15) is 0 Å². The van der Waals surface area contributed by atoms with Crippen molar-refractivity contribution in [3.63, 3.8) is 0 Å². The molecule has 5 nitrogen and oxygen atoms in total. The number of carbonyl (C=O) groups excluding carboxylic acids is 1. The fraction of sp³-hybridized carbons (Fsp3) is 0.316. The molecule has 0 bridgehead atoms. The summed E-state index contributed by atoms with van der Waals surface area (Å²) < 4.78 is 34.5. The molecule has 1 aliphatic rings.